The molecule has 0 saturated carbocycles. The van der Waals surface area contributed by atoms with Gasteiger partial charge in [-0.2, -0.15) is 5.10 Å². The van der Waals surface area contributed by atoms with E-state index in [1.54, 1.807) is 24.6 Å². The van der Waals surface area contributed by atoms with Crippen molar-refractivity contribution < 1.29 is 4.74 Å². The third kappa shape index (κ3) is 2.73. The van der Waals surface area contributed by atoms with E-state index in [1.807, 2.05) is 11.7 Å². The van der Waals surface area contributed by atoms with Crippen molar-refractivity contribution in [3.63, 3.8) is 0 Å². The molecule has 2 heterocycles. The molecule has 0 aliphatic rings. The summed E-state index contributed by atoms with van der Waals surface area (Å²) in [6.07, 6.45) is 2.73. The average Bonchev–Trinajstić information content (AvgIpc) is 2.98. The first kappa shape index (κ1) is 13.1. The lowest BCUT2D eigenvalue weighted by atomic mass is 10.1. The summed E-state index contributed by atoms with van der Waals surface area (Å²) in [6, 6.07) is 4.48. The van der Waals surface area contributed by atoms with Crippen LogP contribution in [0.2, 0.25) is 0 Å². The summed E-state index contributed by atoms with van der Waals surface area (Å²) in [5.41, 5.74) is 1.10. The smallest absolute Gasteiger partial charge is 0.161 e. The van der Waals surface area contributed by atoms with Gasteiger partial charge in [-0.3, -0.25) is 4.68 Å². The second kappa shape index (κ2) is 6.02. The van der Waals surface area contributed by atoms with Gasteiger partial charge in [-0.1, -0.05) is 13.0 Å². The van der Waals surface area contributed by atoms with Crippen molar-refractivity contribution in [3.05, 3.63) is 34.3 Å². The Bertz CT molecular complexity index is 478. The number of nitrogens with zero attached hydrogens (tertiary/aromatic N) is 2. The molecular formula is C13H19N3OS. The van der Waals surface area contributed by atoms with Crippen molar-refractivity contribution in [1.82, 2.24) is 15.1 Å². The molecule has 98 valence electrons. The highest BCUT2D eigenvalue weighted by atomic mass is 32.1. The molecule has 0 aliphatic carbocycles. The van der Waals surface area contributed by atoms with Gasteiger partial charge in [0, 0.05) is 18.3 Å². The van der Waals surface area contributed by atoms with Gasteiger partial charge < -0.3 is 10.1 Å². The minimum absolute atomic E-state index is 0.232. The van der Waals surface area contributed by atoms with E-state index in [0.29, 0.717) is 0 Å². The summed E-state index contributed by atoms with van der Waals surface area (Å²) in [4.78, 5) is 1.37. The number of hydrogen-bond donors (Lipinski definition) is 1. The molecule has 0 spiro atoms. The van der Waals surface area contributed by atoms with Crippen LogP contribution in [0.5, 0.6) is 5.75 Å². The maximum atomic E-state index is 5.39. The third-order valence-electron chi connectivity index (χ3n) is 2.94. The van der Waals surface area contributed by atoms with Gasteiger partial charge in [0.05, 0.1) is 25.0 Å². The van der Waals surface area contributed by atoms with Crippen LogP contribution in [0, 0.1) is 0 Å². The van der Waals surface area contributed by atoms with Gasteiger partial charge >= 0.3 is 0 Å². The molecule has 4 nitrogen and oxygen atoms in total. The van der Waals surface area contributed by atoms with Crippen molar-refractivity contribution in [3.8, 4) is 5.75 Å². The van der Waals surface area contributed by atoms with E-state index in [1.165, 1.54) is 4.88 Å². The first-order valence-electron chi connectivity index (χ1n) is 6.08. The largest absolute Gasteiger partial charge is 0.493 e. The zero-order valence-electron chi connectivity index (χ0n) is 11.0. The first-order valence-corrected chi connectivity index (χ1v) is 6.95. The molecule has 0 aliphatic heterocycles. The van der Waals surface area contributed by atoms with Crippen LogP contribution >= 0.6 is 11.3 Å². The molecule has 2 aromatic heterocycles. The second-order valence-electron chi connectivity index (χ2n) is 4.12. The van der Waals surface area contributed by atoms with Crippen molar-refractivity contribution in [2.45, 2.75) is 19.4 Å². The Balaban J connectivity index is 2.25. The lowest BCUT2D eigenvalue weighted by molar-refractivity contribution is 0.394. The molecule has 1 unspecified atom stereocenters. The maximum absolute atomic E-state index is 5.39. The highest BCUT2D eigenvalue weighted by Gasteiger charge is 2.20. The lowest BCUT2D eigenvalue weighted by Crippen LogP contribution is -2.25. The highest BCUT2D eigenvalue weighted by Crippen LogP contribution is 2.28. The number of likely N-dealkylation sites (N-methyl/N-ethyl adjacent to an activating group) is 1. The van der Waals surface area contributed by atoms with Crippen LogP contribution < -0.4 is 10.1 Å². The molecule has 0 radical (unpaired) electrons. The number of methoxy groups -OCH3 is 1. The van der Waals surface area contributed by atoms with Gasteiger partial charge in [0.2, 0.25) is 0 Å². The Morgan fingerprint density at radius 2 is 2.39 bits per heavy atom. The molecule has 5 heteroatoms. The van der Waals surface area contributed by atoms with Crippen molar-refractivity contribution in [2.75, 3.05) is 13.7 Å². The Morgan fingerprint density at radius 3 is 3.00 bits per heavy atom. The van der Waals surface area contributed by atoms with Gasteiger partial charge in [-0.05, 0) is 18.0 Å². The van der Waals surface area contributed by atoms with Crippen LogP contribution in [-0.2, 0) is 13.5 Å². The minimum atomic E-state index is 0.232. The normalized spacial score (nSPS) is 12.6. The molecule has 0 aromatic carbocycles. The second-order valence-corrected chi connectivity index (χ2v) is 5.15. The molecule has 0 amide bonds. The molecule has 18 heavy (non-hydrogen) atoms. The van der Waals surface area contributed by atoms with Gasteiger partial charge in [-0.25, -0.2) is 0 Å². The number of nitrogens with one attached hydrogen (secondary N) is 1. The highest BCUT2D eigenvalue weighted by molar-refractivity contribution is 7.09. The molecule has 2 aromatic rings. The summed E-state index contributed by atoms with van der Waals surface area (Å²) < 4.78 is 7.28. The molecule has 1 atom stereocenters. The van der Waals surface area contributed by atoms with E-state index < -0.39 is 0 Å². The van der Waals surface area contributed by atoms with Crippen molar-refractivity contribution >= 4 is 11.3 Å². The Morgan fingerprint density at radius 1 is 1.56 bits per heavy atom. The lowest BCUT2D eigenvalue weighted by Gasteiger charge is -2.18. The molecule has 0 fully saturated rings. The van der Waals surface area contributed by atoms with E-state index >= 15 is 0 Å². The zero-order chi connectivity index (χ0) is 13.0. The standard InChI is InChI=1S/C13H19N3OS/c1-4-14-11(8-10-6-5-7-18-10)13-12(17-3)9-15-16(13)2/h5-7,9,11,14H,4,8H2,1-3H3. The van der Waals surface area contributed by atoms with Crippen LogP contribution in [-0.4, -0.2) is 23.4 Å². The Hall–Kier alpha value is -1.33. The number of aromatic nitrogens is 2. The molecular weight excluding hydrogens is 246 g/mol. The number of aryl methyl sites for hydroxylation is 1. The minimum Gasteiger partial charge on any atom is -0.493 e. The molecule has 1 N–H and O–H groups in total. The summed E-state index contributed by atoms with van der Waals surface area (Å²) in [5.74, 6) is 0.847. The molecule has 0 saturated heterocycles. The Labute approximate surface area is 112 Å². The number of hydrogen-bond acceptors (Lipinski definition) is 4. The van der Waals surface area contributed by atoms with Gasteiger partial charge in [-0.15, -0.1) is 11.3 Å². The van der Waals surface area contributed by atoms with E-state index in [9.17, 15) is 0 Å². The zero-order valence-corrected chi connectivity index (χ0v) is 11.8. The number of rotatable bonds is 6. The number of ether oxygens (including phenoxy) is 1. The third-order valence-corrected chi connectivity index (χ3v) is 3.83. The van der Waals surface area contributed by atoms with Crippen molar-refractivity contribution in [1.29, 1.82) is 0 Å². The van der Waals surface area contributed by atoms with E-state index in [0.717, 1.165) is 24.4 Å². The summed E-state index contributed by atoms with van der Waals surface area (Å²) in [7, 11) is 3.64. The number of thiophene rings is 1. The maximum Gasteiger partial charge on any atom is 0.161 e. The van der Waals surface area contributed by atoms with E-state index in [-0.39, 0.29) is 6.04 Å². The fourth-order valence-corrected chi connectivity index (χ4v) is 2.88. The predicted molar refractivity (Wildman–Crippen MR) is 74.2 cm³/mol. The summed E-state index contributed by atoms with van der Waals surface area (Å²) >= 11 is 1.78. The van der Waals surface area contributed by atoms with E-state index in [2.05, 4.69) is 34.9 Å². The van der Waals surface area contributed by atoms with Crippen LogP contribution in [0.15, 0.2) is 23.7 Å². The van der Waals surface area contributed by atoms with Gasteiger partial charge in [0.1, 0.15) is 0 Å². The fraction of sp³-hybridized carbons (Fsp3) is 0.462. The van der Waals surface area contributed by atoms with Crippen LogP contribution in [0.1, 0.15) is 23.5 Å². The first-order chi connectivity index (χ1) is 8.76. The topological polar surface area (TPSA) is 39.1 Å². The van der Waals surface area contributed by atoms with Crippen molar-refractivity contribution in [2.24, 2.45) is 7.05 Å². The molecule has 2 rings (SSSR count). The van der Waals surface area contributed by atoms with Crippen LogP contribution in [0.25, 0.3) is 0 Å². The average molecular weight is 265 g/mol. The van der Waals surface area contributed by atoms with Crippen LogP contribution in [0.3, 0.4) is 0 Å². The summed E-state index contributed by atoms with van der Waals surface area (Å²) in [5, 5.41) is 9.89. The molecule has 0 bridgehead atoms. The monoisotopic (exact) mass is 265 g/mol. The summed E-state index contributed by atoms with van der Waals surface area (Å²) in [6.45, 7) is 3.04. The SMILES string of the molecule is CCNC(Cc1cccs1)c1c(OC)cnn1C. The quantitative estimate of drug-likeness (QED) is 0.871. The van der Waals surface area contributed by atoms with Gasteiger partial charge in [0.15, 0.2) is 5.75 Å². The predicted octanol–water partition coefficient (Wildman–Crippen LogP) is 2.38. The van der Waals surface area contributed by atoms with Crippen LogP contribution in [0.4, 0.5) is 0 Å². The van der Waals surface area contributed by atoms with Gasteiger partial charge in [0.25, 0.3) is 0 Å². The Kier molecular flexibility index (Phi) is 4.38. The van der Waals surface area contributed by atoms with E-state index in [4.69, 9.17) is 4.74 Å². The fourth-order valence-electron chi connectivity index (χ4n) is 2.12.